The van der Waals surface area contributed by atoms with Crippen molar-refractivity contribution in [3.8, 4) is 28.3 Å². The molecule has 0 aliphatic heterocycles. The minimum atomic E-state index is -0.860. The van der Waals surface area contributed by atoms with Crippen molar-refractivity contribution in [2.45, 2.75) is 13.3 Å². The smallest absolute Gasteiger partial charge is 0.307 e. The molecule has 24 heavy (non-hydrogen) atoms. The molecule has 5 nitrogen and oxygen atoms in total. The van der Waals surface area contributed by atoms with Crippen molar-refractivity contribution in [3.63, 3.8) is 0 Å². The molecule has 0 saturated heterocycles. The highest BCUT2D eigenvalue weighted by Gasteiger charge is 2.16. The van der Waals surface area contributed by atoms with E-state index < -0.39 is 5.97 Å². The number of nitrogens with zero attached hydrogens (tertiary/aromatic N) is 1. The fourth-order valence-electron chi connectivity index (χ4n) is 2.64. The average Bonchev–Trinajstić information content (AvgIpc) is 2.96. The van der Waals surface area contributed by atoms with Crippen LogP contribution in [0.2, 0.25) is 0 Å². The topological polar surface area (TPSA) is 72.6 Å². The second-order valence-electron chi connectivity index (χ2n) is 5.49. The third kappa shape index (κ3) is 3.15. The van der Waals surface area contributed by atoms with Crippen LogP contribution in [-0.2, 0) is 11.2 Å². The first-order chi connectivity index (χ1) is 11.6. The van der Waals surface area contributed by atoms with Crippen molar-refractivity contribution in [1.29, 1.82) is 0 Å². The van der Waals surface area contributed by atoms with Gasteiger partial charge in [-0.25, -0.2) is 0 Å². The van der Waals surface area contributed by atoms with Crippen molar-refractivity contribution >= 4 is 5.97 Å². The quantitative estimate of drug-likeness (QED) is 0.769. The fraction of sp³-hybridized carbons (Fsp3) is 0.158. The molecule has 0 bridgehead atoms. The van der Waals surface area contributed by atoms with Gasteiger partial charge in [-0.3, -0.25) is 4.79 Å². The number of carboxylic acids is 1. The lowest BCUT2D eigenvalue weighted by Gasteiger charge is -2.03. The molecule has 0 saturated carbocycles. The van der Waals surface area contributed by atoms with E-state index in [-0.39, 0.29) is 6.42 Å². The van der Waals surface area contributed by atoms with Crippen molar-refractivity contribution in [3.05, 3.63) is 59.7 Å². The van der Waals surface area contributed by atoms with Gasteiger partial charge in [0.25, 0.3) is 0 Å². The Morgan fingerprint density at radius 1 is 1.17 bits per heavy atom. The normalized spacial score (nSPS) is 10.6. The molecule has 0 unspecified atom stereocenters. The summed E-state index contributed by atoms with van der Waals surface area (Å²) in [6.07, 6.45) is -0.0204. The van der Waals surface area contributed by atoms with Crippen LogP contribution in [0.1, 0.15) is 11.1 Å². The number of rotatable bonds is 5. The molecule has 0 radical (unpaired) electrons. The van der Waals surface area contributed by atoms with E-state index in [9.17, 15) is 4.79 Å². The number of ether oxygens (including phenoxy) is 1. The Bertz CT molecular complexity index is 883. The number of carbonyl (C=O) groups is 1. The molecule has 0 aliphatic carbocycles. The molecule has 5 heteroatoms. The summed E-state index contributed by atoms with van der Waals surface area (Å²) in [5, 5.41) is 13.1. The Balaban J connectivity index is 1.99. The van der Waals surface area contributed by atoms with E-state index in [0.29, 0.717) is 11.5 Å². The summed E-state index contributed by atoms with van der Waals surface area (Å²) in [4.78, 5) is 10.9. The summed E-state index contributed by atoms with van der Waals surface area (Å²) in [6.45, 7) is 1.94. The van der Waals surface area contributed by atoms with Gasteiger partial charge >= 0.3 is 5.97 Å². The van der Waals surface area contributed by atoms with Gasteiger partial charge in [-0.05, 0) is 30.7 Å². The number of benzene rings is 2. The monoisotopic (exact) mass is 323 g/mol. The van der Waals surface area contributed by atoms with Gasteiger partial charge in [0.2, 0.25) is 0 Å². The fourth-order valence-corrected chi connectivity index (χ4v) is 2.64. The molecule has 1 heterocycles. The summed E-state index contributed by atoms with van der Waals surface area (Å²) < 4.78 is 10.8. The molecule has 122 valence electrons. The van der Waals surface area contributed by atoms with E-state index in [1.807, 2.05) is 49.4 Å². The summed E-state index contributed by atoms with van der Waals surface area (Å²) in [7, 11) is 1.62. The Labute approximate surface area is 139 Å². The Hall–Kier alpha value is -3.08. The third-order valence-electron chi connectivity index (χ3n) is 3.81. The highest BCUT2D eigenvalue weighted by Crippen LogP contribution is 2.33. The number of hydrogen-bond acceptors (Lipinski definition) is 4. The number of aromatic nitrogens is 1. The van der Waals surface area contributed by atoms with Gasteiger partial charge in [-0.1, -0.05) is 35.5 Å². The van der Waals surface area contributed by atoms with Crippen molar-refractivity contribution in [2.24, 2.45) is 0 Å². The van der Waals surface area contributed by atoms with Crippen LogP contribution in [0.5, 0.6) is 5.75 Å². The first-order valence-corrected chi connectivity index (χ1v) is 7.50. The summed E-state index contributed by atoms with van der Waals surface area (Å²) in [5.41, 5.74) is 4.05. The summed E-state index contributed by atoms with van der Waals surface area (Å²) in [5.74, 6) is 0.557. The number of methoxy groups -OCH3 is 1. The zero-order chi connectivity index (χ0) is 17.1. The molecule has 2 aromatic carbocycles. The van der Waals surface area contributed by atoms with Gasteiger partial charge in [-0.2, -0.15) is 0 Å². The average molecular weight is 323 g/mol. The van der Waals surface area contributed by atoms with Crippen LogP contribution < -0.4 is 4.74 Å². The van der Waals surface area contributed by atoms with Crippen LogP contribution in [-0.4, -0.2) is 23.3 Å². The van der Waals surface area contributed by atoms with Crippen molar-refractivity contribution in [2.75, 3.05) is 7.11 Å². The van der Waals surface area contributed by atoms with Crippen molar-refractivity contribution < 1.29 is 19.2 Å². The lowest BCUT2D eigenvalue weighted by molar-refractivity contribution is -0.136. The third-order valence-corrected chi connectivity index (χ3v) is 3.81. The summed E-state index contributed by atoms with van der Waals surface area (Å²) in [6, 6.07) is 14.9. The molecule has 3 aromatic rings. The molecule has 0 atom stereocenters. The zero-order valence-electron chi connectivity index (χ0n) is 13.4. The van der Waals surface area contributed by atoms with E-state index in [0.717, 1.165) is 28.0 Å². The SMILES string of the molecule is COc1cccc(-c2onc(-c3cccc(CC(=O)O)c3)c2C)c1. The number of carboxylic acid groups (broad SMARTS) is 1. The second-order valence-corrected chi connectivity index (χ2v) is 5.49. The minimum Gasteiger partial charge on any atom is -0.497 e. The first kappa shape index (κ1) is 15.8. The van der Waals surface area contributed by atoms with Crippen LogP contribution >= 0.6 is 0 Å². The second kappa shape index (κ2) is 6.58. The Morgan fingerprint density at radius 3 is 2.67 bits per heavy atom. The molecule has 1 N–H and O–H groups in total. The highest BCUT2D eigenvalue weighted by molar-refractivity contribution is 5.75. The molecule has 1 aromatic heterocycles. The van der Waals surface area contributed by atoms with Gasteiger partial charge in [0.05, 0.1) is 13.5 Å². The van der Waals surface area contributed by atoms with E-state index in [2.05, 4.69) is 5.16 Å². The maximum Gasteiger partial charge on any atom is 0.307 e. The van der Waals surface area contributed by atoms with Gasteiger partial charge in [0.1, 0.15) is 11.4 Å². The maximum absolute atomic E-state index is 10.9. The van der Waals surface area contributed by atoms with Crippen molar-refractivity contribution in [1.82, 2.24) is 5.16 Å². The highest BCUT2D eigenvalue weighted by atomic mass is 16.5. The van der Waals surface area contributed by atoms with Crippen LogP contribution in [0.4, 0.5) is 0 Å². The molecule has 0 fully saturated rings. The van der Waals surface area contributed by atoms with Gasteiger partial charge in [-0.15, -0.1) is 0 Å². The standard InChI is InChI=1S/C19H17NO4/c1-12-18(14-6-3-5-13(9-14)10-17(21)22)20-24-19(12)15-7-4-8-16(11-15)23-2/h3-9,11H,10H2,1-2H3,(H,21,22). The predicted molar refractivity (Wildman–Crippen MR) is 90.0 cm³/mol. The molecular weight excluding hydrogens is 306 g/mol. The van der Waals surface area contributed by atoms with Gasteiger partial charge < -0.3 is 14.4 Å². The van der Waals surface area contributed by atoms with Crippen LogP contribution in [0, 0.1) is 6.92 Å². The molecule has 3 rings (SSSR count). The lowest BCUT2D eigenvalue weighted by atomic mass is 10.0. The minimum absolute atomic E-state index is 0.0204. The number of hydrogen-bond donors (Lipinski definition) is 1. The molecule has 0 aliphatic rings. The molecule has 0 amide bonds. The summed E-state index contributed by atoms with van der Waals surface area (Å²) >= 11 is 0. The van der Waals surface area contributed by atoms with Gasteiger partial charge in [0.15, 0.2) is 5.76 Å². The van der Waals surface area contributed by atoms with E-state index in [4.69, 9.17) is 14.4 Å². The lowest BCUT2D eigenvalue weighted by Crippen LogP contribution is -1.99. The number of aliphatic carboxylic acids is 1. The largest absolute Gasteiger partial charge is 0.497 e. The van der Waals surface area contributed by atoms with E-state index in [1.54, 1.807) is 13.2 Å². The zero-order valence-corrected chi connectivity index (χ0v) is 13.4. The molecule has 0 spiro atoms. The van der Waals surface area contributed by atoms with E-state index >= 15 is 0 Å². The molecular formula is C19H17NO4. The van der Waals surface area contributed by atoms with E-state index in [1.165, 1.54) is 0 Å². The first-order valence-electron chi connectivity index (χ1n) is 7.50. The van der Waals surface area contributed by atoms with Crippen LogP contribution in [0.25, 0.3) is 22.6 Å². The predicted octanol–water partition coefficient (Wildman–Crippen LogP) is 3.95. The Kier molecular flexibility index (Phi) is 4.33. The van der Waals surface area contributed by atoms with Crippen LogP contribution in [0.15, 0.2) is 53.1 Å². The Morgan fingerprint density at radius 2 is 1.92 bits per heavy atom. The van der Waals surface area contributed by atoms with Crippen LogP contribution in [0.3, 0.4) is 0 Å². The maximum atomic E-state index is 10.9. The van der Waals surface area contributed by atoms with Gasteiger partial charge in [0, 0.05) is 16.7 Å².